The maximum absolute atomic E-state index is 6.09. The molecule has 0 atom stereocenters. The molecule has 2 N–H and O–H groups in total. The SMILES string of the molecule is CC(C)(N)CN(Cc1ccsc1)C1CC1. The van der Waals surface area contributed by atoms with Crippen LogP contribution >= 0.6 is 11.3 Å². The standard InChI is InChI=1S/C12H20N2S/c1-12(2,13)9-14(11-3-4-11)7-10-5-6-15-8-10/h5-6,8,11H,3-4,7,9,13H2,1-2H3. The second-order valence-corrected chi connectivity index (χ2v) is 6.04. The summed E-state index contributed by atoms with van der Waals surface area (Å²) in [5, 5.41) is 4.38. The first-order chi connectivity index (χ1) is 7.04. The molecule has 84 valence electrons. The van der Waals surface area contributed by atoms with Crippen molar-refractivity contribution in [3.05, 3.63) is 22.4 Å². The monoisotopic (exact) mass is 224 g/mol. The van der Waals surface area contributed by atoms with Gasteiger partial charge in [-0.1, -0.05) is 0 Å². The van der Waals surface area contributed by atoms with Crippen LogP contribution in [0, 0.1) is 0 Å². The first-order valence-electron chi connectivity index (χ1n) is 5.59. The summed E-state index contributed by atoms with van der Waals surface area (Å²) in [4.78, 5) is 2.53. The van der Waals surface area contributed by atoms with E-state index in [0.717, 1.165) is 19.1 Å². The molecular weight excluding hydrogens is 204 g/mol. The molecule has 1 aromatic rings. The lowest BCUT2D eigenvalue weighted by Crippen LogP contribution is -2.45. The molecule has 15 heavy (non-hydrogen) atoms. The normalized spacial score (nSPS) is 17.3. The molecule has 1 aliphatic carbocycles. The quantitative estimate of drug-likeness (QED) is 0.832. The summed E-state index contributed by atoms with van der Waals surface area (Å²) in [6.45, 7) is 6.27. The summed E-state index contributed by atoms with van der Waals surface area (Å²) in [5.74, 6) is 0. The van der Waals surface area contributed by atoms with Gasteiger partial charge in [0.1, 0.15) is 0 Å². The van der Waals surface area contributed by atoms with Crippen LogP contribution in [0.15, 0.2) is 16.8 Å². The maximum atomic E-state index is 6.09. The van der Waals surface area contributed by atoms with E-state index >= 15 is 0 Å². The van der Waals surface area contributed by atoms with Gasteiger partial charge in [0.15, 0.2) is 0 Å². The average Bonchev–Trinajstić information content (AvgIpc) is 2.83. The fourth-order valence-corrected chi connectivity index (χ4v) is 2.55. The Kier molecular flexibility index (Phi) is 3.14. The summed E-state index contributed by atoms with van der Waals surface area (Å²) in [5.41, 5.74) is 7.43. The summed E-state index contributed by atoms with van der Waals surface area (Å²) in [6.07, 6.45) is 2.69. The highest BCUT2D eigenvalue weighted by Gasteiger charge is 2.31. The Balaban J connectivity index is 1.95. The van der Waals surface area contributed by atoms with Crippen LogP contribution < -0.4 is 5.73 Å². The molecular formula is C12H20N2S. The Labute approximate surface area is 96.1 Å². The smallest absolute Gasteiger partial charge is 0.0245 e. The minimum Gasteiger partial charge on any atom is -0.324 e. The van der Waals surface area contributed by atoms with E-state index in [1.54, 1.807) is 11.3 Å². The Hall–Kier alpha value is -0.380. The van der Waals surface area contributed by atoms with E-state index in [4.69, 9.17) is 5.73 Å². The highest BCUT2D eigenvalue weighted by Crippen LogP contribution is 2.29. The number of nitrogens with zero attached hydrogens (tertiary/aromatic N) is 1. The number of hydrogen-bond acceptors (Lipinski definition) is 3. The second-order valence-electron chi connectivity index (χ2n) is 5.26. The fraction of sp³-hybridized carbons (Fsp3) is 0.667. The number of hydrogen-bond donors (Lipinski definition) is 1. The van der Waals surface area contributed by atoms with Crippen LogP contribution in [0.1, 0.15) is 32.3 Å². The van der Waals surface area contributed by atoms with Gasteiger partial charge in [-0.05, 0) is 49.1 Å². The van der Waals surface area contributed by atoms with Gasteiger partial charge in [-0.15, -0.1) is 0 Å². The zero-order valence-electron chi connectivity index (χ0n) is 9.57. The van der Waals surface area contributed by atoms with Gasteiger partial charge in [-0.3, -0.25) is 4.90 Å². The molecule has 1 aromatic heterocycles. The molecule has 0 amide bonds. The summed E-state index contributed by atoms with van der Waals surface area (Å²) in [7, 11) is 0. The first kappa shape index (κ1) is 11.1. The molecule has 0 saturated heterocycles. The molecule has 1 fully saturated rings. The van der Waals surface area contributed by atoms with Crippen molar-refractivity contribution in [2.75, 3.05) is 6.54 Å². The third kappa shape index (κ3) is 3.59. The van der Waals surface area contributed by atoms with Gasteiger partial charge in [0.05, 0.1) is 0 Å². The summed E-state index contributed by atoms with van der Waals surface area (Å²) in [6, 6.07) is 3.00. The Morgan fingerprint density at radius 2 is 2.27 bits per heavy atom. The average molecular weight is 224 g/mol. The van der Waals surface area contributed by atoms with Crippen molar-refractivity contribution in [2.45, 2.75) is 44.8 Å². The van der Waals surface area contributed by atoms with E-state index in [2.05, 4.69) is 35.6 Å². The van der Waals surface area contributed by atoms with Gasteiger partial charge in [0.25, 0.3) is 0 Å². The van der Waals surface area contributed by atoms with Gasteiger partial charge in [0, 0.05) is 24.7 Å². The van der Waals surface area contributed by atoms with Gasteiger partial charge in [-0.2, -0.15) is 11.3 Å². The minimum absolute atomic E-state index is 0.0847. The van der Waals surface area contributed by atoms with Gasteiger partial charge in [0.2, 0.25) is 0 Å². The van der Waals surface area contributed by atoms with Crippen LogP contribution in [0.4, 0.5) is 0 Å². The van der Waals surface area contributed by atoms with E-state index < -0.39 is 0 Å². The van der Waals surface area contributed by atoms with Crippen LogP contribution in [-0.2, 0) is 6.54 Å². The lowest BCUT2D eigenvalue weighted by Gasteiger charge is -2.29. The molecule has 1 heterocycles. The molecule has 0 unspecified atom stereocenters. The van der Waals surface area contributed by atoms with Crippen molar-refractivity contribution in [3.8, 4) is 0 Å². The van der Waals surface area contributed by atoms with Crippen LogP contribution in [-0.4, -0.2) is 23.0 Å². The Morgan fingerprint density at radius 3 is 2.73 bits per heavy atom. The molecule has 0 aliphatic heterocycles. The predicted molar refractivity (Wildman–Crippen MR) is 66.0 cm³/mol. The first-order valence-corrected chi connectivity index (χ1v) is 6.53. The molecule has 0 spiro atoms. The number of nitrogens with two attached hydrogens (primary N) is 1. The van der Waals surface area contributed by atoms with Gasteiger partial charge in [-0.25, -0.2) is 0 Å². The van der Waals surface area contributed by atoms with E-state index in [1.165, 1.54) is 18.4 Å². The maximum Gasteiger partial charge on any atom is 0.0245 e. The van der Waals surface area contributed by atoms with Crippen molar-refractivity contribution < 1.29 is 0 Å². The topological polar surface area (TPSA) is 29.3 Å². The lowest BCUT2D eigenvalue weighted by molar-refractivity contribution is 0.208. The van der Waals surface area contributed by atoms with Gasteiger partial charge >= 0.3 is 0 Å². The molecule has 2 rings (SSSR count). The highest BCUT2D eigenvalue weighted by molar-refractivity contribution is 7.07. The predicted octanol–water partition coefficient (Wildman–Crippen LogP) is 2.45. The van der Waals surface area contributed by atoms with Crippen molar-refractivity contribution in [1.29, 1.82) is 0 Å². The fourth-order valence-electron chi connectivity index (χ4n) is 1.89. The van der Waals surface area contributed by atoms with Crippen molar-refractivity contribution >= 4 is 11.3 Å². The van der Waals surface area contributed by atoms with Crippen molar-refractivity contribution in [3.63, 3.8) is 0 Å². The Bertz CT molecular complexity index is 296. The summed E-state index contributed by atoms with van der Waals surface area (Å²) >= 11 is 1.77. The zero-order valence-corrected chi connectivity index (χ0v) is 10.4. The Morgan fingerprint density at radius 1 is 1.53 bits per heavy atom. The third-order valence-electron chi connectivity index (χ3n) is 2.64. The van der Waals surface area contributed by atoms with E-state index in [0.29, 0.717) is 0 Å². The van der Waals surface area contributed by atoms with Gasteiger partial charge < -0.3 is 5.73 Å². The summed E-state index contributed by atoms with van der Waals surface area (Å²) < 4.78 is 0. The van der Waals surface area contributed by atoms with E-state index in [-0.39, 0.29) is 5.54 Å². The molecule has 0 bridgehead atoms. The molecule has 0 aromatic carbocycles. The van der Waals surface area contributed by atoms with E-state index in [1.807, 2.05) is 0 Å². The lowest BCUT2D eigenvalue weighted by atomic mass is 10.1. The third-order valence-corrected chi connectivity index (χ3v) is 3.37. The van der Waals surface area contributed by atoms with Crippen LogP contribution in [0.2, 0.25) is 0 Å². The molecule has 3 heteroatoms. The van der Waals surface area contributed by atoms with Crippen molar-refractivity contribution in [1.82, 2.24) is 4.90 Å². The van der Waals surface area contributed by atoms with E-state index in [9.17, 15) is 0 Å². The molecule has 0 radical (unpaired) electrons. The highest BCUT2D eigenvalue weighted by atomic mass is 32.1. The minimum atomic E-state index is -0.0847. The second kappa shape index (κ2) is 4.24. The molecule has 2 nitrogen and oxygen atoms in total. The number of rotatable bonds is 5. The largest absolute Gasteiger partial charge is 0.324 e. The van der Waals surface area contributed by atoms with Crippen LogP contribution in [0.3, 0.4) is 0 Å². The molecule has 1 saturated carbocycles. The molecule has 1 aliphatic rings. The van der Waals surface area contributed by atoms with Crippen LogP contribution in [0.5, 0.6) is 0 Å². The number of thiophene rings is 1. The zero-order chi connectivity index (χ0) is 10.9. The van der Waals surface area contributed by atoms with Crippen LogP contribution in [0.25, 0.3) is 0 Å². The van der Waals surface area contributed by atoms with Crippen molar-refractivity contribution in [2.24, 2.45) is 5.73 Å².